The molecule has 3 amide bonds. The summed E-state index contributed by atoms with van der Waals surface area (Å²) in [6.07, 6.45) is 9.08. The van der Waals surface area contributed by atoms with Gasteiger partial charge in [0.15, 0.2) is 5.82 Å². The third kappa shape index (κ3) is 5.77. The lowest BCUT2D eigenvalue weighted by Crippen LogP contribution is -2.65. The molecule has 2 heterocycles. The van der Waals surface area contributed by atoms with Gasteiger partial charge in [0.2, 0.25) is 17.7 Å². The Bertz CT molecular complexity index is 1010. The molecular formula is C26H36N4O5. The molecule has 2 aromatic heterocycles. The van der Waals surface area contributed by atoms with Crippen LogP contribution in [0.15, 0.2) is 33.4 Å². The number of anilines is 1. The summed E-state index contributed by atoms with van der Waals surface area (Å²) in [4.78, 5) is 41.8. The van der Waals surface area contributed by atoms with Crippen molar-refractivity contribution in [2.45, 2.75) is 96.2 Å². The van der Waals surface area contributed by atoms with E-state index in [9.17, 15) is 14.4 Å². The second kappa shape index (κ2) is 11.1. The van der Waals surface area contributed by atoms with Gasteiger partial charge in [-0.25, -0.2) is 0 Å². The van der Waals surface area contributed by atoms with Gasteiger partial charge in [0.1, 0.15) is 17.1 Å². The van der Waals surface area contributed by atoms with Crippen LogP contribution in [0.3, 0.4) is 0 Å². The number of hydrogen-bond donors (Lipinski definition) is 2. The van der Waals surface area contributed by atoms with E-state index in [1.165, 1.54) is 0 Å². The first-order valence-corrected chi connectivity index (χ1v) is 12.8. The highest BCUT2D eigenvalue weighted by Gasteiger charge is 2.51. The minimum absolute atomic E-state index is 0.0107. The van der Waals surface area contributed by atoms with Crippen molar-refractivity contribution in [1.29, 1.82) is 0 Å². The van der Waals surface area contributed by atoms with E-state index in [2.05, 4.69) is 22.7 Å². The van der Waals surface area contributed by atoms with Crippen LogP contribution in [0, 0.1) is 12.8 Å². The van der Waals surface area contributed by atoms with E-state index in [1.807, 2.05) is 6.07 Å². The number of nitrogens with zero attached hydrogens (tertiary/aromatic N) is 2. The number of aromatic nitrogens is 1. The molecule has 2 N–H and O–H groups in total. The van der Waals surface area contributed by atoms with Gasteiger partial charge < -0.3 is 24.5 Å². The average Bonchev–Trinajstić information content (AvgIpc) is 3.61. The van der Waals surface area contributed by atoms with Gasteiger partial charge in [-0.05, 0) is 50.7 Å². The number of nitrogens with one attached hydrogen (secondary N) is 2. The monoisotopic (exact) mass is 484 g/mol. The Hall–Kier alpha value is -3.10. The fourth-order valence-corrected chi connectivity index (χ4v) is 5.57. The third-order valence-corrected chi connectivity index (χ3v) is 7.48. The number of amides is 3. The van der Waals surface area contributed by atoms with Crippen LogP contribution in [0.5, 0.6) is 0 Å². The Morgan fingerprint density at radius 1 is 1.14 bits per heavy atom. The maximum Gasteiger partial charge on any atom is 0.246 e. The minimum Gasteiger partial charge on any atom is -0.467 e. The van der Waals surface area contributed by atoms with E-state index in [0.29, 0.717) is 23.8 Å². The lowest BCUT2D eigenvalue weighted by Gasteiger charge is -2.49. The molecule has 2 aliphatic carbocycles. The smallest absolute Gasteiger partial charge is 0.246 e. The van der Waals surface area contributed by atoms with Gasteiger partial charge in [-0.1, -0.05) is 37.8 Å². The summed E-state index contributed by atoms with van der Waals surface area (Å²) in [5, 5.41) is 9.70. The van der Waals surface area contributed by atoms with Gasteiger partial charge in [-0.3, -0.25) is 14.4 Å². The number of aryl methyl sites for hydroxylation is 1. The molecule has 2 fully saturated rings. The number of hydrogen-bond acceptors (Lipinski definition) is 6. The molecule has 0 aromatic carbocycles. The summed E-state index contributed by atoms with van der Waals surface area (Å²) in [7, 11) is 0. The van der Waals surface area contributed by atoms with E-state index >= 15 is 0 Å². The van der Waals surface area contributed by atoms with Gasteiger partial charge in [-0.15, -0.1) is 0 Å². The van der Waals surface area contributed by atoms with Crippen LogP contribution >= 0.6 is 0 Å². The van der Waals surface area contributed by atoms with Gasteiger partial charge in [-0.2, -0.15) is 0 Å². The van der Waals surface area contributed by atoms with Crippen LogP contribution < -0.4 is 10.6 Å². The van der Waals surface area contributed by atoms with Crippen molar-refractivity contribution in [3.63, 3.8) is 0 Å². The van der Waals surface area contributed by atoms with E-state index in [0.717, 1.165) is 44.9 Å². The fourth-order valence-electron chi connectivity index (χ4n) is 5.57. The van der Waals surface area contributed by atoms with Crippen LogP contribution in [-0.4, -0.2) is 39.4 Å². The molecule has 2 saturated carbocycles. The fraction of sp³-hybridized carbons (Fsp3) is 0.615. The Labute approximate surface area is 206 Å². The third-order valence-electron chi connectivity index (χ3n) is 7.48. The van der Waals surface area contributed by atoms with E-state index in [1.54, 1.807) is 30.2 Å². The molecular weight excluding hydrogens is 448 g/mol. The molecule has 9 nitrogen and oxygen atoms in total. The summed E-state index contributed by atoms with van der Waals surface area (Å²) in [5.74, 6) is 0.881. The molecule has 9 heteroatoms. The molecule has 4 rings (SSSR count). The Morgan fingerprint density at radius 2 is 1.91 bits per heavy atom. The maximum absolute atomic E-state index is 13.9. The van der Waals surface area contributed by atoms with Crippen molar-refractivity contribution < 1.29 is 23.3 Å². The van der Waals surface area contributed by atoms with Crippen molar-refractivity contribution >= 4 is 23.5 Å². The lowest BCUT2D eigenvalue weighted by molar-refractivity contribution is -0.156. The van der Waals surface area contributed by atoms with Crippen LogP contribution in [0.2, 0.25) is 0 Å². The van der Waals surface area contributed by atoms with Crippen LogP contribution in [0.4, 0.5) is 5.82 Å². The molecule has 0 aliphatic heterocycles. The SMILES string of the molecule is Cc1cc(NC(=O)CCC(=O)N(Cc2ccco2)[C@@]2(C(=O)NC3CCCC3)CCCC[C@@H]2C)no1. The van der Waals surface area contributed by atoms with Gasteiger partial charge in [0.25, 0.3) is 0 Å². The molecule has 0 unspecified atom stereocenters. The van der Waals surface area contributed by atoms with E-state index in [-0.39, 0.29) is 49.1 Å². The quantitative estimate of drug-likeness (QED) is 0.547. The summed E-state index contributed by atoms with van der Waals surface area (Å²) >= 11 is 0. The van der Waals surface area contributed by atoms with Gasteiger partial charge in [0.05, 0.1) is 12.8 Å². The van der Waals surface area contributed by atoms with Crippen LogP contribution in [0.1, 0.15) is 82.7 Å². The molecule has 0 radical (unpaired) electrons. The van der Waals surface area contributed by atoms with Crippen molar-refractivity contribution in [2.24, 2.45) is 5.92 Å². The molecule has 190 valence electrons. The van der Waals surface area contributed by atoms with E-state index in [4.69, 9.17) is 8.94 Å². The molecule has 2 aliphatic rings. The van der Waals surface area contributed by atoms with Crippen molar-refractivity contribution in [2.75, 3.05) is 5.32 Å². The topological polar surface area (TPSA) is 118 Å². The largest absolute Gasteiger partial charge is 0.467 e. The van der Waals surface area contributed by atoms with Crippen molar-refractivity contribution in [1.82, 2.24) is 15.4 Å². The predicted octanol–water partition coefficient (Wildman–Crippen LogP) is 4.33. The van der Waals surface area contributed by atoms with Crippen LogP contribution in [0.25, 0.3) is 0 Å². The normalized spacial score (nSPS) is 22.6. The predicted molar refractivity (Wildman–Crippen MR) is 129 cm³/mol. The second-order valence-electron chi connectivity index (χ2n) is 9.96. The highest BCUT2D eigenvalue weighted by Crippen LogP contribution is 2.41. The highest BCUT2D eigenvalue weighted by atomic mass is 16.5. The second-order valence-corrected chi connectivity index (χ2v) is 9.96. The lowest BCUT2D eigenvalue weighted by atomic mass is 9.71. The Balaban J connectivity index is 1.54. The summed E-state index contributed by atoms with van der Waals surface area (Å²) in [6.45, 7) is 3.99. The van der Waals surface area contributed by atoms with Gasteiger partial charge >= 0.3 is 0 Å². The Morgan fingerprint density at radius 3 is 2.57 bits per heavy atom. The number of furan rings is 1. The zero-order chi connectivity index (χ0) is 24.8. The van der Waals surface area contributed by atoms with Gasteiger partial charge in [0, 0.05) is 24.9 Å². The average molecular weight is 485 g/mol. The first-order chi connectivity index (χ1) is 16.9. The summed E-state index contributed by atoms with van der Waals surface area (Å²) < 4.78 is 10.6. The minimum atomic E-state index is -0.968. The zero-order valence-corrected chi connectivity index (χ0v) is 20.7. The number of carbonyl (C=O) groups is 3. The molecule has 35 heavy (non-hydrogen) atoms. The number of rotatable bonds is 9. The summed E-state index contributed by atoms with van der Waals surface area (Å²) in [6, 6.07) is 5.37. The van der Waals surface area contributed by atoms with Crippen molar-refractivity contribution in [3.8, 4) is 0 Å². The standard InChI is InChI=1S/C26H36N4O5/c1-18-8-5-6-14-26(18,25(33)27-20-9-3-4-10-20)30(17-21-11-7-15-34-21)24(32)13-12-23(31)28-22-16-19(2)35-29-22/h7,11,15-16,18,20H,3-6,8-10,12-14,17H2,1-2H3,(H,27,33)(H,28,29,31)/t18-,26-/m0/s1. The molecule has 0 bridgehead atoms. The number of carbonyl (C=O) groups excluding carboxylic acids is 3. The van der Waals surface area contributed by atoms with Crippen LogP contribution in [-0.2, 0) is 20.9 Å². The Kier molecular flexibility index (Phi) is 7.93. The van der Waals surface area contributed by atoms with E-state index < -0.39 is 5.54 Å². The van der Waals surface area contributed by atoms with Crippen molar-refractivity contribution in [3.05, 3.63) is 36.0 Å². The molecule has 0 spiro atoms. The molecule has 0 saturated heterocycles. The first kappa shape index (κ1) is 25.0. The zero-order valence-electron chi connectivity index (χ0n) is 20.7. The molecule has 2 atom stereocenters. The molecule has 2 aromatic rings. The first-order valence-electron chi connectivity index (χ1n) is 12.8. The highest BCUT2D eigenvalue weighted by molar-refractivity contribution is 5.95. The summed E-state index contributed by atoms with van der Waals surface area (Å²) in [5.41, 5.74) is -0.968. The maximum atomic E-state index is 13.9.